The molecule has 16 heavy (non-hydrogen) atoms. The lowest BCUT2D eigenvalue weighted by atomic mass is 10.2. The van der Waals surface area contributed by atoms with Gasteiger partial charge < -0.3 is 10.6 Å². The second-order valence-corrected chi connectivity index (χ2v) is 3.35. The number of nitrogens with one attached hydrogen (secondary N) is 2. The molecule has 5 heteroatoms. The average molecular weight is 228 g/mol. The Bertz CT molecular complexity index is 369. The number of urea groups is 1. The van der Waals surface area contributed by atoms with E-state index in [1.807, 2.05) is 6.92 Å². The quantitative estimate of drug-likeness (QED) is 0.814. The SMILES string of the molecule is CCCNC(=O)NCc1cc(F)ccc1F. The van der Waals surface area contributed by atoms with Crippen LogP contribution in [0.2, 0.25) is 0 Å². The van der Waals surface area contributed by atoms with Crippen LogP contribution < -0.4 is 10.6 Å². The number of amides is 2. The van der Waals surface area contributed by atoms with Gasteiger partial charge in [0, 0.05) is 18.7 Å². The van der Waals surface area contributed by atoms with Crippen LogP contribution in [-0.4, -0.2) is 12.6 Å². The first-order chi connectivity index (χ1) is 7.63. The second kappa shape index (κ2) is 6.05. The van der Waals surface area contributed by atoms with Gasteiger partial charge in [-0.2, -0.15) is 0 Å². The molecular formula is C11H14F2N2O. The van der Waals surface area contributed by atoms with Crippen LogP contribution in [-0.2, 0) is 6.54 Å². The van der Waals surface area contributed by atoms with E-state index in [1.54, 1.807) is 0 Å². The normalized spacial score (nSPS) is 9.94. The minimum Gasteiger partial charge on any atom is -0.338 e. The van der Waals surface area contributed by atoms with Gasteiger partial charge in [0.2, 0.25) is 0 Å². The van der Waals surface area contributed by atoms with E-state index in [1.165, 1.54) is 0 Å². The fourth-order valence-electron chi connectivity index (χ4n) is 1.16. The largest absolute Gasteiger partial charge is 0.338 e. The third kappa shape index (κ3) is 3.84. The number of carbonyl (C=O) groups is 1. The molecule has 0 aliphatic heterocycles. The Kier molecular flexibility index (Phi) is 4.69. The van der Waals surface area contributed by atoms with Crippen molar-refractivity contribution in [3.63, 3.8) is 0 Å². The average Bonchev–Trinajstić information content (AvgIpc) is 2.27. The van der Waals surface area contributed by atoms with Crippen LogP contribution in [0.4, 0.5) is 13.6 Å². The first kappa shape index (κ1) is 12.4. The van der Waals surface area contributed by atoms with Crippen LogP contribution in [0.3, 0.4) is 0 Å². The Hall–Kier alpha value is -1.65. The Morgan fingerprint density at radius 3 is 2.75 bits per heavy atom. The van der Waals surface area contributed by atoms with E-state index in [9.17, 15) is 13.6 Å². The molecule has 0 radical (unpaired) electrons. The van der Waals surface area contributed by atoms with Crippen molar-refractivity contribution in [3.05, 3.63) is 35.4 Å². The number of carbonyl (C=O) groups excluding carboxylic acids is 1. The van der Waals surface area contributed by atoms with Gasteiger partial charge in [0.05, 0.1) is 0 Å². The summed E-state index contributed by atoms with van der Waals surface area (Å²) < 4.78 is 25.9. The molecular weight excluding hydrogens is 214 g/mol. The molecule has 0 aliphatic rings. The molecule has 1 aromatic rings. The highest BCUT2D eigenvalue weighted by Crippen LogP contribution is 2.08. The molecule has 0 unspecified atom stereocenters. The minimum atomic E-state index is -0.530. The van der Waals surface area contributed by atoms with Gasteiger partial charge in [-0.05, 0) is 24.6 Å². The fourth-order valence-corrected chi connectivity index (χ4v) is 1.16. The number of halogens is 2. The topological polar surface area (TPSA) is 41.1 Å². The molecule has 0 heterocycles. The van der Waals surface area contributed by atoms with Crippen LogP contribution in [0.15, 0.2) is 18.2 Å². The van der Waals surface area contributed by atoms with Gasteiger partial charge in [-0.3, -0.25) is 0 Å². The van der Waals surface area contributed by atoms with Crippen molar-refractivity contribution in [1.29, 1.82) is 0 Å². The van der Waals surface area contributed by atoms with Crippen molar-refractivity contribution in [2.24, 2.45) is 0 Å². The first-order valence-corrected chi connectivity index (χ1v) is 5.09. The summed E-state index contributed by atoms with van der Waals surface area (Å²) in [6.07, 6.45) is 0.821. The van der Waals surface area contributed by atoms with Gasteiger partial charge in [0.15, 0.2) is 0 Å². The van der Waals surface area contributed by atoms with E-state index in [-0.39, 0.29) is 18.1 Å². The van der Waals surface area contributed by atoms with Gasteiger partial charge in [-0.25, -0.2) is 13.6 Å². The highest BCUT2D eigenvalue weighted by Gasteiger charge is 2.05. The Morgan fingerprint density at radius 2 is 2.06 bits per heavy atom. The van der Waals surface area contributed by atoms with Crippen molar-refractivity contribution >= 4 is 6.03 Å². The van der Waals surface area contributed by atoms with Crippen molar-refractivity contribution in [2.75, 3.05) is 6.54 Å². The highest BCUT2D eigenvalue weighted by atomic mass is 19.1. The number of rotatable bonds is 4. The van der Waals surface area contributed by atoms with E-state index < -0.39 is 11.6 Å². The predicted octanol–water partition coefficient (Wildman–Crippen LogP) is 2.17. The Balaban J connectivity index is 2.47. The molecule has 0 spiro atoms. The van der Waals surface area contributed by atoms with Gasteiger partial charge in [0.1, 0.15) is 11.6 Å². The lowest BCUT2D eigenvalue weighted by Crippen LogP contribution is -2.35. The van der Waals surface area contributed by atoms with E-state index in [0.29, 0.717) is 6.54 Å². The second-order valence-electron chi connectivity index (χ2n) is 3.35. The van der Waals surface area contributed by atoms with Crippen LogP contribution >= 0.6 is 0 Å². The van der Waals surface area contributed by atoms with Crippen molar-refractivity contribution < 1.29 is 13.6 Å². The molecule has 3 nitrogen and oxygen atoms in total. The lowest BCUT2D eigenvalue weighted by molar-refractivity contribution is 0.240. The van der Waals surface area contributed by atoms with Gasteiger partial charge in [-0.1, -0.05) is 6.92 Å². The molecule has 1 aromatic carbocycles. The van der Waals surface area contributed by atoms with E-state index in [0.717, 1.165) is 24.6 Å². The molecule has 2 N–H and O–H groups in total. The summed E-state index contributed by atoms with van der Waals surface area (Å²) in [4.78, 5) is 11.1. The molecule has 0 aromatic heterocycles. The number of benzene rings is 1. The first-order valence-electron chi connectivity index (χ1n) is 5.09. The minimum absolute atomic E-state index is 0.0286. The van der Waals surface area contributed by atoms with Crippen LogP contribution in [0, 0.1) is 11.6 Å². The predicted molar refractivity (Wildman–Crippen MR) is 56.9 cm³/mol. The van der Waals surface area contributed by atoms with E-state index in [2.05, 4.69) is 10.6 Å². The zero-order valence-corrected chi connectivity index (χ0v) is 9.02. The van der Waals surface area contributed by atoms with Crippen molar-refractivity contribution in [1.82, 2.24) is 10.6 Å². The molecule has 2 amide bonds. The summed E-state index contributed by atoms with van der Waals surface area (Å²) in [5.74, 6) is -1.05. The van der Waals surface area contributed by atoms with E-state index in [4.69, 9.17) is 0 Å². The molecule has 0 aliphatic carbocycles. The molecule has 88 valence electrons. The van der Waals surface area contributed by atoms with Crippen LogP contribution in [0.1, 0.15) is 18.9 Å². The summed E-state index contributed by atoms with van der Waals surface area (Å²) in [6.45, 7) is 2.45. The summed E-state index contributed by atoms with van der Waals surface area (Å²) in [5, 5.41) is 5.02. The zero-order valence-electron chi connectivity index (χ0n) is 9.02. The fraction of sp³-hybridized carbons (Fsp3) is 0.364. The maximum Gasteiger partial charge on any atom is 0.315 e. The van der Waals surface area contributed by atoms with Gasteiger partial charge in [0.25, 0.3) is 0 Å². The highest BCUT2D eigenvalue weighted by molar-refractivity contribution is 5.73. The lowest BCUT2D eigenvalue weighted by Gasteiger charge is -2.07. The Labute approximate surface area is 92.8 Å². The van der Waals surface area contributed by atoms with Crippen molar-refractivity contribution in [2.45, 2.75) is 19.9 Å². The molecule has 0 fully saturated rings. The van der Waals surface area contributed by atoms with Crippen LogP contribution in [0.25, 0.3) is 0 Å². The van der Waals surface area contributed by atoms with Crippen LogP contribution in [0.5, 0.6) is 0 Å². The number of hydrogen-bond acceptors (Lipinski definition) is 1. The molecule has 0 saturated heterocycles. The third-order valence-electron chi connectivity index (χ3n) is 1.98. The zero-order chi connectivity index (χ0) is 12.0. The molecule has 1 rings (SSSR count). The molecule has 0 bridgehead atoms. The Morgan fingerprint density at radius 1 is 1.31 bits per heavy atom. The summed E-state index contributed by atoms with van der Waals surface area (Å²) in [5.41, 5.74) is 0.131. The maximum atomic E-state index is 13.1. The van der Waals surface area contributed by atoms with E-state index >= 15 is 0 Å². The van der Waals surface area contributed by atoms with Gasteiger partial charge >= 0.3 is 6.03 Å². The maximum absolute atomic E-state index is 13.1. The third-order valence-corrected chi connectivity index (χ3v) is 1.98. The summed E-state index contributed by atoms with van der Waals surface area (Å²) in [6, 6.07) is 2.76. The van der Waals surface area contributed by atoms with Crippen molar-refractivity contribution in [3.8, 4) is 0 Å². The van der Waals surface area contributed by atoms with Gasteiger partial charge in [-0.15, -0.1) is 0 Å². The number of hydrogen-bond donors (Lipinski definition) is 2. The summed E-state index contributed by atoms with van der Waals surface area (Å²) >= 11 is 0. The smallest absolute Gasteiger partial charge is 0.315 e. The standard InChI is InChI=1S/C11H14F2N2O/c1-2-5-14-11(16)15-7-8-6-9(12)3-4-10(8)13/h3-4,6H,2,5,7H2,1H3,(H2,14,15,16). The monoisotopic (exact) mass is 228 g/mol. The summed E-state index contributed by atoms with van der Waals surface area (Å²) in [7, 11) is 0. The molecule has 0 atom stereocenters. The molecule has 0 saturated carbocycles.